The molecule has 0 saturated heterocycles. The average Bonchev–Trinajstić information content (AvgIpc) is 2.80. The van der Waals surface area contributed by atoms with E-state index < -0.39 is 0 Å². The second kappa shape index (κ2) is 4.30. The summed E-state index contributed by atoms with van der Waals surface area (Å²) < 4.78 is 0. The number of hydrogen-bond acceptors (Lipinski definition) is 4. The van der Waals surface area contributed by atoms with Gasteiger partial charge >= 0.3 is 0 Å². The highest BCUT2D eigenvalue weighted by Crippen LogP contribution is 2.21. The van der Waals surface area contributed by atoms with E-state index in [0.717, 1.165) is 21.9 Å². The molecule has 90 valence electrons. The molecule has 6 heteroatoms. The van der Waals surface area contributed by atoms with Crippen LogP contribution < -0.4 is 5.56 Å². The zero-order valence-corrected chi connectivity index (χ0v) is 10.4. The van der Waals surface area contributed by atoms with Crippen LogP contribution in [0.15, 0.2) is 40.4 Å². The molecule has 0 aliphatic heterocycles. The van der Waals surface area contributed by atoms with E-state index in [0.29, 0.717) is 5.39 Å². The van der Waals surface area contributed by atoms with E-state index in [1.165, 1.54) is 11.8 Å². The van der Waals surface area contributed by atoms with Crippen molar-refractivity contribution < 1.29 is 0 Å². The number of aromatic nitrogens is 4. The third kappa shape index (κ3) is 1.80. The van der Waals surface area contributed by atoms with Crippen molar-refractivity contribution in [2.75, 3.05) is 6.26 Å². The number of benzene rings is 1. The molecule has 0 spiro atoms. The first-order chi connectivity index (χ1) is 8.78. The van der Waals surface area contributed by atoms with E-state index >= 15 is 0 Å². The Morgan fingerprint density at radius 3 is 2.94 bits per heavy atom. The fraction of sp³-hybridized carbons (Fsp3) is 0.0833. The lowest BCUT2D eigenvalue weighted by Gasteiger charge is -2.01. The number of fused-ring (bicyclic) bond motifs is 1. The van der Waals surface area contributed by atoms with E-state index in [2.05, 4.69) is 20.2 Å². The van der Waals surface area contributed by atoms with Crippen molar-refractivity contribution in [2.24, 2.45) is 0 Å². The summed E-state index contributed by atoms with van der Waals surface area (Å²) in [5.41, 5.74) is 2.40. The minimum atomic E-state index is -0.119. The largest absolute Gasteiger partial charge is 0.298 e. The van der Waals surface area contributed by atoms with Gasteiger partial charge in [0.25, 0.3) is 5.56 Å². The first kappa shape index (κ1) is 11.0. The Hall–Kier alpha value is -2.08. The van der Waals surface area contributed by atoms with Gasteiger partial charge in [-0.1, -0.05) is 17.8 Å². The van der Waals surface area contributed by atoms with Crippen LogP contribution in [0.2, 0.25) is 0 Å². The maximum atomic E-state index is 11.6. The van der Waals surface area contributed by atoms with Crippen molar-refractivity contribution in [2.45, 2.75) is 5.16 Å². The van der Waals surface area contributed by atoms with Crippen LogP contribution in [0.3, 0.4) is 0 Å². The van der Waals surface area contributed by atoms with Crippen LogP contribution in [0.1, 0.15) is 0 Å². The van der Waals surface area contributed by atoms with Gasteiger partial charge in [-0.05, 0) is 24.5 Å². The number of nitrogens with zero attached hydrogens (tertiary/aromatic N) is 2. The fourth-order valence-corrected chi connectivity index (χ4v) is 2.15. The SMILES string of the molecule is CSc1nccc(-c2ccc3[nH][nH]c(=O)c3c2)n1. The molecule has 2 aromatic heterocycles. The molecule has 0 fully saturated rings. The lowest BCUT2D eigenvalue weighted by molar-refractivity contribution is 0.976. The standard InChI is InChI=1S/C12H10N4OS/c1-18-12-13-5-4-9(14-12)7-2-3-10-8(6-7)11(17)16-15-10/h2-6H,1H3,(H2,15,16,17). The molecule has 5 nitrogen and oxygen atoms in total. The molecule has 3 rings (SSSR count). The van der Waals surface area contributed by atoms with Gasteiger partial charge in [-0.15, -0.1) is 0 Å². The molecule has 2 heterocycles. The predicted molar refractivity (Wildman–Crippen MR) is 71.7 cm³/mol. The molecule has 0 unspecified atom stereocenters. The summed E-state index contributed by atoms with van der Waals surface area (Å²) in [5, 5.41) is 6.73. The summed E-state index contributed by atoms with van der Waals surface area (Å²) in [6.45, 7) is 0. The van der Waals surface area contributed by atoms with E-state index in [4.69, 9.17) is 0 Å². The molecule has 0 aliphatic carbocycles. The smallest absolute Gasteiger partial charge is 0.271 e. The van der Waals surface area contributed by atoms with Crippen molar-refractivity contribution >= 4 is 22.7 Å². The maximum absolute atomic E-state index is 11.6. The predicted octanol–water partition coefficient (Wildman–Crippen LogP) is 2.04. The Balaban J connectivity index is 2.18. The summed E-state index contributed by atoms with van der Waals surface area (Å²) in [4.78, 5) is 20.1. The van der Waals surface area contributed by atoms with E-state index in [1.54, 1.807) is 6.20 Å². The normalized spacial score (nSPS) is 10.9. The van der Waals surface area contributed by atoms with Crippen molar-refractivity contribution in [1.82, 2.24) is 20.2 Å². The molecular weight excluding hydrogens is 248 g/mol. The summed E-state index contributed by atoms with van der Waals surface area (Å²) in [6.07, 6.45) is 3.65. The third-order valence-electron chi connectivity index (χ3n) is 2.69. The molecule has 2 N–H and O–H groups in total. The maximum Gasteiger partial charge on any atom is 0.271 e. The third-order valence-corrected chi connectivity index (χ3v) is 3.25. The lowest BCUT2D eigenvalue weighted by Crippen LogP contribution is -1.97. The first-order valence-electron chi connectivity index (χ1n) is 5.36. The molecule has 0 bridgehead atoms. The van der Waals surface area contributed by atoms with Gasteiger partial charge in [0.1, 0.15) is 0 Å². The van der Waals surface area contributed by atoms with Crippen LogP contribution in [0.5, 0.6) is 0 Å². The van der Waals surface area contributed by atoms with Crippen LogP contribution in [-0.2, 0) is 0 Å². The molecule has 18 heavy (non-hydrogen) atoms. The lowest BCUT2D eigenvalue weighted by atomic mass is 10.1. The highest BCUT2D eigenvalue weighted by Gasteiger charge is 2.05. The number of aromatic amines is 2. The zero-order valence-electron chi connectivity index (χ0n) is 9.60. The highest BCUT2D eigenvalue weighted by molar-refractivity contribution is 7.98. The Bertz CT molecular complexity index is 762. The van der Waals surface area contributed by atoms with Crippen LogP contribution in [0.25, 0.3) is 22.2 Å². The van der Waals surface area contributed by atoms with Crippen LogP contribution in [-0.4, -0.2) is 26.4 Å². The minimum absolute atomic E-state index is 0.119. The van der Waals surface area contributed by atoms with Crippen molar-refractivity contribution in [3.05, 3.63) is 40.8 Å². The summed E-state index contributed by atoms with van der Waals surface area (Å²) in [6, 6.07) is 7.46. The molecule has 0 atom stereocenters. The Labute approximate surface area is 107 Å². The number of thioether (sulfide) groups is 1. The molecular formula is C12H10N4OS. The van der Waals surface area contributed by atoms with Gasteiger partial charge in [0.15, 0.2) is 5.16 Å². The molecule has 0 amide bonds. The van der Waals surface area contributed by atoms with Crippen LogP contribution in [0, 0.1) is 0 Å². The summed E-state index contributed by atoms with van der Waals surface area (Å²) >= 11 is 1.49. The Morgan fingerprint density at radius 2 is 2.11 bits per heavy atom. The number of rotatable bonds is 2. The van der Waals surface area contributed by atoms with Crippen LogP contribution >= 0.6 is 11.8 Å². The second-order valence-electron chi connectivity index (χ2n) is 3.77. The van der Waals surface area contributed by atoms with E-state index in [1.807, 2.05) is 30.5 Å². The number of H-pyrrole nitrogens is 2. The summed E-state index contributed by atoms with van der Waals surface area (Å²) in [7, 11) is 0. The quantitative estimate of drug-likeness (QED) is 0.545. The fourth-order valence-electron chi connectivity index (χ4n) is 1.79. The topological polar surface area (TPSA) is 74.4 Å². The van der Waals surface area contributed by atoms with Gasteiger partial charge < -0.3 is 0 Å². The van der Waals surface area contributed by atoms with Gasteiger partial charge in [0, 0.05) is 11.8 Å². The molecule has 1 aromatic carbocycles. The van der Waals surface area contributed by atoms with Crippen molar-refractivity contribution in [1.29, 1.82) is 0 Å². The van der Waals surface area contributed by atoms with Gasteiger partial charge in [0.2, 0.25) is 0 Å². The molecule has 3 aromatic rings. The van der Waals surface area contributed by atoms with Gasteiger partial charge in [0.05, 0.1) is 16.6 Å². The molecule has 0 radical (unpaired) electrons. The second-order valence-corrected chi connectivity index (χ2v) is 4.54. The van der Waals surface area contributed by atoms with Gasteiger partial charge in [-0.25, -0.2) is 9.97 Å². The highest BCUT2D eigenvalue weighted by atomic mass is 32.2. The molecule has 0 aliphatic rings. The monoisotopic (exact) mass is 258 g/mol. The van der Waals surface area contributed by atoms with Crippen LogP contribution in [0.4, 0.5) is 0 Å². The first-order valence-corrected chi connectivity index (χ1v) is 6.58. The van der Waals surface area contributed by atoms with Gasteiger partial charge in [-0.3, -0.25) is 15.0 Å². The minimum Gasteiger partial charge on any atom is -0.298 e. The Kier molecular flexibility index (Phi) is 2.64. The number of nitrogens with one attached hydrogen (secondary N) is 2. The van der Waals surface area contributed by atoms with Gasteiger partial charge in [-0.2, -0.15) is 0 Å². The Morgan fingerprint density at radius 1 is 1.22 bits per heavy atom. The van der Waals surface area contributed by atoms with E-state index in [-0.39, 0.29) is 5.56 Å². The number of hydrogen-bond donors (Lipinski definition) is 2. The van der Waals surface area contributed by atoms with E-state index in [9.17, 15) is 4.79 Å². The zero-order chi connectivity index (χ0) is 12.5. The average molecular weight is 258 g/mol. The van der Waals surface area contributed by atoms with Crippen molar-refractivity contribution in [3.8, 4) is 11.3 Å². The van der Waals surface area contributed by atoms with Crippen molar-refractivity contribution in [3.63, 3.8) is 0 Å². The molecule has 0 saturated carbocycles. The summed E-state index contributed by atoms with van der Waals surface area (Å²) in [5.74, 6) is 0.